The number of nitrogens with zero attached hydrogens (tertiary/aromatic N) is 1. The molecule has 0 spiro atoms. The van der Waals surface area contributed by atoms with E-state index in [0.717, 1.165) is 4.90 Å². The van der Waals surface area contributed by atoms with Crippen molar-refractivity contribution in [2.45, 2.75) is 62.9 Å². The first-order valence-electron chi connectivity index (χ1n) is 10.9. The second-order valence-corrected chi connectivity index (χ2v) is 8.28. The van der Waals surface area contributed by atoms with Crippen LogP contribution in [0.1, 0.15) is 31.7 Å². The maximum absolute atomic E-state index is 13.1. The summed E-state index contributed by atoms with van der Waals surface area (Å²) in [6, 6.07) is 3.77. The van der Waals surface area contributed by atoms with Gasteiger partial charge in [0.25, 0.3) is 0 Å². The number of carboxylic acids is 1. The van der Waals surface area contributed by atoms with Crippen LogP contribution in [-0.2, 0) is 30.4 Å². The fourth-order valence-corrected chi connectivity index (χ4v) is 3.76. The maximum Gasteiger partial charge on any atom is 0.326 e. The predicted molar refractivity (Wildman–Crippen MR) is 120 cm³/mol. The lowest BCUT2D eigenvalue weighted by Crippen LogP contribution is -2.60. The van der Waals surface area contributed by atoms with E-state index in [4.69, 9.17) is 11.5 Å². The van der Waals surface area contributed by atoms with Gasteiger partial charge in [-0.05, 0) is 25.3 Å². The van der Waals surface area contributed by atoms with Crippen LogP contribution in [0.15, 0.2) is 30.3 Å². The number of carbonyl (C=O) groups excluding carboxylic acids is 4. The molecule has 12 nitrogen and oxygen atoms in total. The Labute approximate surface area is 196 Å². The Morgan fingerprint density at radius 1 is 1.12 bits per heavy atom. The number of aliphatic hydroxyl groups excluding tert-OH is 1. The molecule has 1 aliphatic heterocycles. The van der Waals surface area contributed by atoms with Crippen molar-refractivity contribution in [2.75, 3.05) is 6.54 Å². The number of benzene rings is 1. The van der Waals surface area contributed by atoms with E-state index in [1.54, 1.807) is 30.3 Å². The van der Waals surface area contributed by atoms with E-state index in [-0.39, 0.29) is 19.4 Å². The summed E-state index contributed by atoms with van der Waals surface area (Å²) >= 11 is 0. The smallest absolute Gasteiger partial charge is 0.326 e. The van der Waals surface area contributed by atoms with Crippen molar-refractivity contribution in [1.82, 2.24) is 15.5 Å². The van der Waals surface area contributed by atoms with E-state index in [1.807, 2.05) is 0 Å². The number of hydrogen-bond acceptors (Lipinski definition) is 7. The predicted octanol–water partition coefficient (Wildman–Crippen LogP) is -2.14. The van der Waals surface area contributed by atoms with Crippen LogP contribution >= 0.6 is 0 Å². The summed E-state index contributed by atoms with van der Waals surface area (Å²) in [6.07, 6.45) is -0.980. The number of carboxylic acid groups (broad SMARTS) is 1. The van der Waals surface area contributed by atoms with Gasteiger partial charge < -0.3 is 37.2 Å². The zero-order valence-corrected chi connectivity index (χ0v) is 18.8. The van der Waals surface area contributed by atoms with Crippen LogP contribution < -0.4 is 22.1 Å². The molecule has 0 radical (unpaired) electrons. The summed E-state index contributed by atoms with van der Waals surface area (Å²) in [5.41, 5.74) is 11.5. The highest BCUT2D eigenvalue weighted by molar-refractivity contribution is 5.95. The van der Waals surface area contributed by atoms with Crippen molar-refractivity contribution in [3.8, 4) is 0 Å². The molecule has 12 heteroatoms. The van der Waals surface area contributed by atoms with Crippen molar-refractivity contribution >= 4 is 29.6 Å². The van der Waals surface area contributed by atoms with E-state index < -0.39 is 66.3 Å². The third kappa shape index (κ3) is 7.25. The SMILES string of the molecule is CC(O)C(NC(=O)C(Cc1ccccc1)NC(=O)C(N)CC(N)=O)C(=O)N1CCCC1C(=O)O. The molecule has 5 unspecified atom stereocenters. The largest absolute Gasteiger partial charge is 0.480 e. The van der Waals surface area contributed by atoms with Gasteiger partial charge in [-0.2, -0.15) is 0 Å². The summed E-state index contributed by atoms with van der Waals surface area (Å²) in [7, 11) is 0. The number of primary amides is 1. The van der Waals surface area contributed by atoms with Gasteiger partial charge in [-0.3, -0.25) is 19.2 Å². The molecule has 0 saturated carbocycles. The minimum Gasteiger partial charge on any atom is -0.480 e. The second kappa shape index (κ2) is 12.1. The third-order valence-electron chi connectivity index (χ3n) is 5.54. The average Bonchev–Trinajstić information content (AvgIpc) is 3.26. The highest BCUT2D eigenvalue weighted by Crippen LogP contribution is 2.19. The van der Waals surface area contributed by atoms with E-state index in [1.165, 1.54) is 6.92 Å². The number of carbonyl (C=O) groups is 5. The lowest BCUT2D eigenvalue weighted by atomic mass is 10.0. The molecule has 1 fully saturated rings. The molecule has 1 aromatic carbocycles. The second-order valence-electron chi connectivity index (χ2n) is 8.28. The molecule has 2 rings (SSSR count). The number of hydrogen-bond donors (Lipinski definition) is 6. The molecule has 0 aliphatic carbocycles. The number of aliphatic carboxylic acids is 1. The van der Waals surface area contributed by atoms with Crippen molar-refractivity contribution in [1.29, 1.82) is 0 Å². The molecule has 1 saturated heterocycles. The highest BCUT2D eigenvalue weighted by atomic mass is 16.4. The first-order valence-corrected chi connectivity index (χ1v) is 10.9. The summed E-state index contributed by atoms with van der Waals surface area (Å²) in [5, 5.41) is 24.5. The number of nitrogens with two attached hydrogens (primary N) is 2. The molecule has 1 aliphatic rings. The molecule has 0 aromatic heterocycles. The Bertz CT molecular complexity index is 908. The van der Waals surface area contributed by atoms with Gasteiger partial charge in [-0.25, -0.2) is 4.79 Å². The molecule has 1 heterocycles. The summed E-state index contributed by atoms with van der Waals surface area (Å²) in [4.78, 5) is 62.2. The minimum atomic E-state index is -1.43. The molecule has 186 valence electrons. The van der Waals surface area contributed by atoms with Gasteiger partial charge in [0.2, 0.25) is 23.6 Å². The van der Waals surface area contributed by atoms with Gasteiger partial charge in [0.05, 0.1) is 18.6 Å². The Morgan fingerprint density at radius 3 is 2.32 bits per heavy atom. The van der Waals surface area contributed by atoms with Crippen LogP contribution in [0.3, 0.4) is 0 Å². The van der Waals surface area contributed by atoms with Gasteiger partial charge in [0.1, 0.15) is 18.1 Å². The summed E-state index contributed by atoms with van der Waals surface area (Å²) in [5.74, 6) is -4.26. The molecular weight excluding hydrogens is 446 g/mol. The summed E-state index contributed by atoms with van der Waals surface area (Å²) < 4.78 is 0. The molecule has 8 N–H and O–H groups in total. The third-order valence-corrected chi connectivity index (χ3v) is 5.54. The van der Waals surface area contributed by atoms with Crippen LogP contribution in [-0.4, -0.2) is 81.5 Å². The topological polar surface area (TPSA) is 205 Å². The van der Waals surface area contributed by atoms with Crippen LogP contribution in [0.5, 0.6) is 0 Å². The van der Waals surface area contributed by atoms with Crippen LogP contribution in [0.25, 0.3) is 0 Å². The highest BCUT2D eigenvalue weighted by Gasteiger charge is 2.40. The van der Waals surface area contributed by atoms with Crippen LogP contribution in [0.2, 0.25) is 0 Å². The molecule has 0 bridgehead atoms. The van der Waals surface area contributed by atoms with E-state index >= 15 is 0 Å². The molecular formula is C22H31N5O7. The number of likely N-dealkylation sites (tertiary alicyclic amines) is 1. The Kier molecular flexibility index (Phi) is 9.51. The standard InChI is InChI=1S/C22H31N5O7/c1-12(28)18(21(32)27-9-5-8-16(27)22(33)34)26-20(31)15(10-13-6-3-2-4-7-13)25-19(30)14(23)11-17(24)29/h2-4,6-7,12,14-16,18,28H,5,8-11,23H2,1H3,(H2,24,29)(H,25,30)(H,26,31)(H,33,34). The Morgan fingerprint density at radius 2 is 1.76 bits per heavy atom. The fraction of sp³-hybridized carbons (Fsp3) is 0.500. The van der Waals surface area contributed by atoms with E-state index in [9.17, 15) is 34.2 Å². The Hall–Kier alpha value is -3.51. The quantitative estimate of drug-likeness (QED) is 0.207. The van der Waals surface area contributed by atoms with Gasteiger partial charge in [-0.15, -0.1) is 0 Å². The lowest BCUT2D eigenvalue weighted by Gasteiger charge is -2.30. The maximum atomic E-state index is 13.1. The zero-order chi connectivity index (χ0) is 25.4. The van der Waals surface area contributed by atoms with Crippen molar-refractivity contribution in [3.05, 3.63) is 35.9 Å². The van der Waals surface area contributed by atoms with Gasteiger partial charge in [0, 0.05) is 13.0 Å². The zero-order valence-electron chi connectivity index (χ0n) is 18.8. The number of amides is 4. The van der Waals surface area contributed by atoms with E-state index in [2.05, 4.69) is 10.6 Å². The fourth-order valence-electron chi connectivity index (χ4n) is 3.76. The number of nitrogens with one attached hydrogen (secondary N) is 2. The summed E-state index contributed by atoms with van der Waals surface area (Å²) in [6.45, 7) is 1.48. The van der Waals surface area contributed by atoms with Gasteiger partial charge in [-0.1, -0.05) is 30.3 Å². The van der Waals surface area contributed by atoms with Crippen LogP contribution in [0, 0.1) is 0 Å². The number of rotatable bonds is 11. The molecule has 1 aromatic rings. The van der Waals surface area contributed by atoms with Gasteiger partial charge in [0.15, 0.2) is 0 Å². The normalized spacial score (nSPS) is 18.9. The molecule has 4 amide bonds. The molecule has 34 heavy (non-hydrogen) atoms. The molecule has 5 atom stereocenters. The van der Waals surface area contributed by atoms with Crippen molar-refractivity contribution < 1.29 is 34.2 Å². The van der Waals surface area contributed by atoms with E-state index in [0.29, 0.717) is 12.0 Å². The Balaban J connectivity index is 2.21. The van der Waals surface area contributed by atoms with Gasteiger partial charge >= 0.3 is 5.97 Å². The monoisotopic (exact) mass is 477 g/mol. The lowest BCUT2D eigenvalue weighted by molar-refractivity contribution is -0.150. The van der Waals surface area contributed by atoms with Crippen molar-refractivity contribution in [3.63, 3.8) is 0 Å². The van der Waals surface area contributed by atoms with Crippen LogP contribution in [0.4, 0.5) is 0 Å². The van der Waals surface area contributed by atoms with Crippen molar-refractivity contribution in [2.24, 2.45) is 11.5 Å². The first-order chi connectivity index (χ1) is 16.0. The first kappa shape index (κ1) is 26.7. The average molecular weight is 478 g/mol. The number of aliphatic hydroxyl groups is 1. The minimum absolute atomic E-state index is 0.0316.